The van der Waals surface area contributed by atoms with Gasteiger partial charge in [0, 0.05) is 31.2 Å². The summed E-state index contributed by atoms with van der Waals surface area (Å²) in [6, 6.07) is 6.25. The minimum Gasteiger partial charge on any atom is -0.492 e. The average Bonchev–Trinajstić information content (AvgIpc) is 2.38. The van der Waals surface area contributed by atoms with Gasteiger partial charge >= 0.3 is 0 Å². The number of nitrogens with two attached hydrogens (primary N) is 1. The summed E-state index contributed by atoms with van der Waals surface area (Å²) < 4.78 is 5.70. The van der Waals surface area contributed by atoms with Gasteiger partial charge in [-0.2, -0.15) is 0 Å². The van der Waals surface area contributed by atoms with Gasteiger partial charge in [-0.15, -0.1) is 0 Å². The highest BCUT2D eigenvalue weighted by Gasteiger charge is 2.33. The summed E-state index contributed by atoms with van der Waals surface area (Å²) in [4.78, 5) is 2.44. The van der Waals surface area contributed by atoms with Crippen molar-refractivity contribution in [2.24, 2.45) is 11.1 Å². The van der Waals surface area contributed by atoms with Gasteiger partial charge in [-0.1, -0.05) is 37.6 Å². The zero-order chi connectivity index (χ0) is 14.8. The van der Waals surface area contributed by atoms with E-state index in [0.29, 0.717) is 11.6 Å². The first-order chi connectivity index (χ1) is 9.44. The number of nitrogens with zero attached hydrogens (tertiary/aromatic N) is 1. The second kappa shape index (κ2) is 6.33. The highest BCUT2D eigenvalue weighted by atomic mass is 35.5. The molecule has 0 saturated carbocycles. The molecule has 0 amide bonds. The minimum atomic E-state index is 0.155. The van der Waals surface area contributed by atoms with Crippen molar-refractivity contribution in [1.29, 1.82) is 0 Å². The first-order valence-electron chi connectivity index (χ1n) is 7.32. The molecule has 4 heteroatoms. The Morgan fingerprint density at radius 2 is 2.20 bits per heavy atom. The number of benzene rings is 1. The molecule has 1 atom stereocenters. The summed E-state index contributed by atoms with van der Waals surface area (Å²) in [5, 5.41) is 0.692. The van der Waals surface area contributed by atoms with Crippen LogP contribution in [0, 0.1) is 5.41 Å². The van der Waals surface area contributed by atoms with E-state index in [0.717, 1.165) is 37.4 Å². The van der Waals surface area contributed by atoms with Gasteiger partial charge in [-0.25, -0.2) is 0 Å². The van der Waals surface area contributed by atoms with E-state index in [9.17, 15) is 0 Å². The van der Waals surface area contributed by atoms with Gasteiger partial charge in [0.15, 0.2) is 0 Å². The Morgan fingerprint density at radius 1 is 1.45 bits per heavy atom. The number of ether oxygens (including phenoxy) is 1. The van der Waals surface area contributed by atoms with Gasteiger partial charge in [0.2, 0.25) is 0 Å². The molecule has 2 rings (SSSR count). The smallest absolute Gasteiger partial charge is 0.142 e. The van der Waals surface area contributed by atoms with Crippen LogP contribution in [-0.4, -0.2) is 30.6 Å². The Morgan fingerprint density at radius 3 is 2.85 bits per heavy atom. The van der Waals surface area contributed by atoms with E-state index < -0.39 is 0 Å². The third-order valence-electron chi connectivity index (χ3n) is 4.12. The van der Waals surface area contributed by atoms with Gasteiger partial charge in [0.05, 0.1) is 11.6 Å². The molecule has 1 aliphatic heterocycles. The number of para-hydroxylation sites is 1. The highest BCUT2D eigenvalue weighted by molar-refractivity contribution is 6.32. The molecule has 0 radical (unpaired) electrons. The SMILES string of the molecule is CCOc1c(Cl)cccc1CN1CCC(N)C(C)(C)C1. The second-order valence-electron chi connectivity index (χ2n) is 6.26. The molecule has 0 bridgehead atoms. The van der Waals surface area contributed by atoms with Gasteiger partial charge < -0.3 is 10.5 Å². The third-order valence-corrected chi connectivity index (χ3v) is 4.42. The molecule has 112 valence electrons. The standard InChI is InChI=1S/C16H25ClN2O/c1-4-20-15-12(6-5-7-13(15)17)10-19-9-8-14(18)16(2,3)11-19/h5-7,14H,4,8-11,18H2,1-3H3. The lowest BCUT2D eigenvalue weighted by Gasteiger charge is -2.42. The molecule has 1 fully saturated rings. The molecular weight excluding hydrogens is 272 g/mol. The number of likely N-dealkylation sites (tertiary alicyclic amines) is 1. The van der Waals surface area contributed by atoms with Crippen molar-refractivity contribution in [2.75, 3.05) is 19.7 Å². The minimum absolute atomic E-state index is 0.155. The van der Waals surface area contributed by atoms with E-state index >= 15 is 0 Å². The van der Waals surface area contributed by atoms with Crippen LogP contribution in [0.4, 0.5) is 0 Å². The summed E-state index contributed by atoms with van der Waals surface area (Å²) in [5.41, 5.74) is 7.51. The van der Waals surface area contributed by atoms with Crippen LogP contribution in [0.1, 0.15) is 32.8 Å². The van der Waals surface area contributed by atoms with Crippen LogP contribution < -0.4 is 10.5 Å². The molecule has 1 saturated heterocycles. The number of piperidine rings is 1. The number of hydrogen-bond donors (Lipinski definition) is 1. The molecule has 1 aliphatic rings. The topological polar surface area (TPSA) is 38.5 Å². The molecule has 3 nitrogen and oxygen atoms in total. The predicted molar refractivity (Wildman–Crippen MR) is 84.3 cm³/mol. The molecule has 1 aromatic carbocycles. The quantitative estimate of drug-likeness (QED) is 0.926. The van der Waals surface area contributed by atoms with Gasteiger partial charge in [0.25, 0.3) is 0 Å². The van der Waals surface area contributed by atoms with Crippen molar-refractivity contribution >= 4 is 11.6 Å². The van der Waals surface area contributed by atoms with E-state index in [1.54, 1.807) is 0 Å². The second-order valence-corrected chi connectivity index (χ2v) is 6.66. The van der Waals surface area contributed by atoms with Crippen LogP contribution in [-0.2, 0) is 6.54 Å². The van der Waals surface area contributed by atoms with Crippen molar-refractivity contribution in [3.8, 4) is 5.75 Å². The Labute approximate surface area is 127 Å². The lowest BCUT2D eigenvalue weighted by molar-refractivity contribution is 0.0890. The van der Waals surface area contributed by atoms with E-state index in [1.807, 2.05) is 19.1 Å². The molecule has 1 unspecified atom stereocenters. The van der Waals surface area contributed by atoms with Crippen LogP contribution in [0.2, 0.25) is 5.02 Å². The summed E-state index contributed by atoms with van der Waals surface area (Å²) in [6.07, 6.45) is 1.04. The van der Waals surface area contributed by atoms with Crippen molar-refractivity contribution < 1.29 is 4.74 Å². The van der Waals surface area contributed by atoms with Gasteiger partial charge in [-0.05, 0) is 24.8 Å². The fraction of sp³-hybridized carbons (Fsp3) is 0.625. The predicted octanol–water partition coefficient (Wildman–Crippen LogP) is 3.30. The zero-order valence-corrected chi connectivity index (χ0v) is 13.4. The normalized spacial score (nSPS) is 22.8. The number of rotatable bonds is 4. The fourth-order valence-corrected chi connectivity index (χ4v) is 3.09. The molecule has 1 aromatic rings. The Balaban J connectivity index is 2.12. The fourth-order valence-electron chi connectivity index (χ4n) is 2.84. The van der Waals surface area contributed by atoms with Crippen molar-refractivity contribution in [3.05, 3.63) is 28.8 Å². The monoisotopic (exact) mass is 296 g/mol. The van der Waals surface area contributed by atoms with Gasteiger partial charge in [-0.3, -0.25) is 4.90 Å². The highest BCUT2D eigenvalue weighted by Crippen LogP contribution is 2.33. The summed E-state index contributed by atoms with van der Waals surface area (Å²) in [6.45, 7) is 10.0. The molecular formula is C16H25ClN2O. The molecule has 0 spiro atoms. The first kappa shape index (κ1) is 15.6. The van der Waals surface area contributed by atoms with E-state index in [-0.39, 0.29) is 11.5 Å². The van der Waals surface area contributed by atoms with E-state index in [1.165, 1.54) is 0 Å². The largest absolute Gasteiger partial charge is 0.492 e. The van der Waals surface area contributed by atoms with Crippen LogP contribution in [0.15, 0.2) is 18.2 Å². The van der Waals surface area contributed by atoms with Crippen LogP contribution in [0.25, 0.3) is 0 Å². The third kappa shape index (κ3) is 3.46. The maximum Gasteiger partial charge on any atom is 0.142 e. The van der Waals surface area contributed by atoms with Crippen LogP contribution in [0.3, 0.4) is 0 Å². The molecule has 20 heavy (non-hydrogen) atoms. The molecule has 2 N–H and O–H groups in total. The van der Waals surface area contributed by atoms with Crippen LogP contribution >= 0.6 is 11.6 Å². The maximum atomic E-state index is 6.24. The summed E-state index contributed by atoms with van der Waals surface area (Å²) in [5.74, 6) is 0.823. The molecule has 0 aromatic heterocycles. The van der Waals surface area contributed by atoms with E-state index in [2.05, 4.69) is 24.8 Å². The summed E-state index contributed by atoms with van der Waals surface area (Å²) in [7, 11) is 0. The van der Waals surface area contributed by atoms with Gasteiger partial charge in [0.1, 0.15) is 5.75 Å². The lowest BCUT2D eigenvalue weighted by Crippen LogP contribution is -2.52. The average molecular weight is 297 g/mol. The number of hydrogen-bond acceptors (Lipinski definition) is 3. The Bertz CT molecular complexity index is 462. The van der Waals surface area contributed by atoms with Crippen molar-refractivity contribution in [2.45, 2.75) is 39.8 Å². The molecule has 1 heterocycles. The Hall–Kier alpha value is -0.770. The van der Waals surface area contributed by atoms with Crippen molar-refractivity contribution in [1.82, 2.24) is 4.90 Å². The first-order valence-corrected chi connectivity index (χ1v) is 7.70. The maximum absolute atomic E-state index is 6.24. The van der Waals surface area contributed by atoms with E-state index in [4.69, 9.17) is 22.1 Å². The van der Waals surface area contributed by atoms with Crippen LogP contribution in [0.5, 0.6) is 5.75 Å². The zero-order valence-electron chi connectivity index (χ0n) is 12.7. The van der Waals surface area contributed by atoms with Crippen molar-refractivity contribution in [3.63, 3.8) is 0 Å². The molecule has 0 aliphatic carbocycles. The lowest BCUT2D eigenvalue weighted by atomic mass is 9.79. The number of halogens is 1. The summed E-state index contributed by atoms with van der Waals surface area (Å²) >= 11 is 6.24. The Kier molecular flexibility index (Phi) is 4.95.